The third-order valence-electron chi connectivity index (χ3n) is 4.63. The fraction of sp³-hybridized carbons (Fsp3) is 0.333. The van der Waals surface area contributed by atoms with Gasteiger partial charge in [-0.3, -0.25) is 0 Å². The van der Waals surface area contributed by atoms with E-state index in [1.54, 1.807) is 0 Å². The Morgan fingerprint density at radius 1 is 0.783 bits per heavy atom. The van der Waals surface area contributed by atoms with Crippen molar-refractivity contribution in [3.63, 3.8) is 0 Å². The van der Waals surface area contributed by atoms with Crippen LogP contribution in [0.15, 0.2) is 71.9 Å². The van der Waals surface area contributed by atoms with Crippen molar-refractivity contribution in [1.82, 2.24) is 0 Å². The van der Waals surface area contributed by atoms with Gasteiger partial charge in [0.2, 0.25) is 0 Å². The second-order valence-electron chi connectivity index (χ2n) is 7.89. The van der Waals surface area contributed by atoms with Crippen LogP contribution in [-0.2, 0) is 4.43 Å². The van der Waals surface area contributed by atoms with Crippen molar-refractivity contribution in [2.24, 2.45) is 5.41 Å². The monoisotopic (exact) mass is 322 g/mol. The molecule has 0 N–H and O–H groups in total. The van der Waals surface area contributed by atoms with E-state index < -0.39 is 8.32 Å². The number of hydrogen-bond acceptors (Lipinski definition) is 1. The second kappa shape index (κ2) is 5.47. The van der Waals surface area contributed by atoms with E-state index in [9.17, 15) is 0 Å². The SMILES string of the molecule is CC(C)(C)C1=C[Si](c2ccccc2)(c2ccccc2)OC1(C)C. The van der Waals surface area contributed by atoms with Crippen molar-refractivity contribution in [2.45, 2.75) is 40.2 Å². The molecule has 2 heteroatoms. The molecule has 0 saturated carbocycles. The Morgan fingerprint density at radius 3 is 1.57 bits per heavy atom. The van der Waals surface area contributed by atoms with E-state index >= 15 is 0 Å². The van der Waals surface area contributed by atoms with E-state index in [1.807, 2.05) is 0 Å². The van der Waals surface area contributed by atoms with Gasteiger partial charge in [0.25, 0.3) is 8.32 Å². The Kier molecular flexibility index (Phi) is 3.86. The lowest BCUT2D eigenvalue weighted by atomic mass is 9.79. The van der Waals surface area contributed by atoms with Gasteiger partial charge in [-0.2, -0.15) is 0 Å². The summed E-state index contributed by atoms with van der Waals surface area (Å²) in [5.74, 6) is 0. The van der Waals surface area contributed by atoms with Crippen LogP contribution < -0.4 is 10.4 Å². The smallest absolute Gasteiger partial charge is 0.281 e. The molecule has 0 aliphatic carbocycles. The first-order valence-corrected chi connectivity index (χ1v) is 10.3. The average Bonchev–Trinajstić information content (AvgIpc) is 2.82. The number of benzene rings is 2. The minimum atomic E-state index is -2.35. The fourth-order valence-electron chi connectivity index (χ4n) is 3.81. The molecule has 2 aromatic carbocycles. The standard InChI is InChI=1S/C21H26OSi/c1-20(2,3)19-16-23(22-21(19,4)5,17-12-8-6-9-13-17)18-14-10-7-11-15-18/h6-16H,1-5H3. The quantitative estimate of drug-likeness (QED) is 0.758. The molecule has 0 fully saturated rings. The van der Waals surface area contributed by atoms with Gasteiger partial charge < -0.3 is 4.43 Å². The minimum absolute atomic E-state index is 0.0990. The lowest BCUT2D eigenvalue weighted by Crippen LogP contribution is -2.59. The first-order chi connectivity index (χ1) is 10.8. The zero-order valence-electron chi connectivity index (χ0n) is 14.8. The van der Waals surface area contributed by atoms with Crippen LogP contribution in [0.1, 0.15) is 34.6 Å². The highest BCUT2D eigenvalue weighted by Crippen LogP contribution is 2.43. The highest BCUT2D eigenvalue weighted by atomic mass is 28.4. The molecule has 23 heavy (non-hydrogen) atoms. The van der Waals surface area contributed by atoms with E-state index in [-0.39, 0.29) is 11.0 Å². The molecule has 0 amide bonds. The third-order valence-corrected chi connectivity index (χ3v) is 8.54. The molecule has 0 aromatic heterocycles. The summed E-state index contributed by atoms with van der Waals surface area (Å²) in [5, 5.41) is 2.64. The molecule has 2 aromatic rings. The zero-order valence-corrected chi connectivity index (χ0v) is 15.8. The van der Waals surface area contributed by atoms with Crippen LogP contribution in [-0.4, -0.2) is 13.9 Å². The molecule has 0 saturated heterocycles. The summed E-state index contributed by atoms with van der Waals surface area (Å²) >= 11 is 0. The lowest BCUT2D eigenvalue weighted by molar-refractivity contribution is 0.138. The molecule has 0 atom stereocenters. The van der Waals surface area contributed by atoms with Crippen LogP contribution in [0.25, 0.3) is 0 Å². The first-order valence-electron chi connectivity index (χ1n) is 8.31. The Hall–Kier alpha value is -1.64. The summed E-state index contributed by atoms with van der Waals surface area (Å²) in [4.78, 5) is 0. The van der Waals surface area contributed by atoms with Crippen molar-refractivity contribution in [3.05, 3.63) is 71.9 Å². The molecule has 1 nitrogen and oxygen atoms in total. The van der Waals surface area contributed by atoms with Crippen LogP contribution in [0.2, 0.25) is 0 Å². The Bertz CT molecular complexity index is 669. The highest BCUT2D eigenvalue weighted by Gasteiger charge is 2.51. The van der Waals surface area contributed by atoms with Crippen LogP contribution in [0.5, 0.6) is 0 Å². The topological polar surface area (TPSA) is 9.23 Å². The van der Waals surface area contributed by atoms with Crippen LogP contribution in [0, 0.1) is 5.41 Å². The normalized spacial score (nSPS) is 19.4. The minimum Gasteiger partial charge on any atom is -0.396 e. The first kappa shape index (κ1) is 16.2. The van der Waals surface area contributed by atoms with E-state index in [2.05, 4.69) is 101 Å². The summed E-state index contributed by atoms with van der Waals surface area (Å²) in [6.07, 6.45) is 0. The van der Waals surface area contributed by atoms with Crippen LogP contribution in [0.3, 0.4) is 0 Å². The van der Waals surface area contributed by atoms with Crippen molar-refractivity contribution < 1.29 is 4.43 Å². The largest absolute Gasteiger partial charge is 0.396 e. The Balaban J connectivity index is 2.26. The summed E-state index contributed by atoms with van der Waals surface area (Å²) < 4.78 is 6.89. The van der Waals surface area contributed by atoms with E-state index in [0.717, 1.165) is 0 Å². The van der Waals surface area contributed by atoms with Gasteiger partial charge in [0.05, 0.1) is 5.60 Å². The van der Waals surface area contributed by atoms with E-state index in [0.29, 0.717) is 0 Å². The second-order valence-corrected chi connectivity index (χ2v) is 11.0. The summed E-state index contributed by atoms with van der Waals surface area (Å²) in [6.45, 7) is 11.3. The molecule has 120 valence electrons. The maximum Gasteiger partial charge on any atom is 0.281 e. The third kappa shape index (κ3) is 2.82. The van der Waals surface area contributed by atoms with Gasteiger partial charge >= 0.3 is 0 Å². The highest BCUT2D eigenvalue weighted by molar-refractivity contribution is 7.01. The van der Waals surface area contributed by atoms with E-state index in [4.69, 9.17) is 4.43 Å². The van der Waals surface area contributed by atoms with Crippen molar-refractivity contribution in [2.75, 3.05) is 0 Å². The Morgan fingerprint density at radius 2 is 1.22 bits per heavy atom. The van der Waals surface area contributed by atoms with Gasteiger partial charge in [-0.1, -0.05) is 87.1 Å². The zero-order chi connectivity index (χ0) is 16.7. The maximum atomic E-state index is 6.89. The molecule has 3 rings (SSSR count). The van der Waals surface area contributed by atoms with Crippen molar-refractivity contribution in [1.29, 1.82) is 0 Å². The number of rotatable bonds is 2. The van der Waals surface area contributed by atoms with Gasteiger partial charge in [-0.15, -0.1) is 0 Å². The van der Waals surface area contributed by atoms with E-state index in [1.165, 1.54) is 15.9 Å². The van der Waals surface area contributed by atoms with Crippen LogP contribution in [0.4, 0.5) is 0 Å². The van der Waals surface area contributed by atoms with Crippen molar-refractivity contribution >= 4 is 18.7 Å². The molecule has 0 bridgehead atoms. The molecular weight excluding hydrogens is 296 g/mol. The van der Waals surface area contributed by atoms with Gasteiger partial charge in [-0.25, -0.2) is 0 Å². The summed E-state index contributed by atoms with van der Waals surface area (Å²) in [5.41, 5.74) is 3.75. The molecular formula is C21H26OSi. The fourth-order valence-corrected chi connectivity index (χ4v) is 8.24. The summed E-state index contributed by atoms with van der Waals surface area (Å²) in [7, 11) is -2.35. The summed E-state index contributed by atoms with van der Waals surface area (Å²) in [6, 6.07) is 21.5. The predicted molar refractivity (Wildman–Crippen MR) is 101 cm³/mol. The van der Waals surface area contributed by atoms with Gasteiger partial charge in [0.1, 0.15) is 0 Å². The average molecular weight is 323 g/mol. The van der Waals surface area contributed by atoms with Gasteiger partial charge in [0.15, 0.2) is 0 Å². The predicted octanol–water partition coefficient (Wildman–Crippen LogP) is 4.07. The molecule has 1 heterocycles. The molecule has 0 unspecified atom stereocenters. The lowest BCUT2D eigenvalue weighted by Gasteiger charge is -2.35. The molecule has 0 radical (unpaired) electrons. The molecule has 1 aliphatic heterocycles. The molecule has 1 aliphatic rings. The van der Waals surface area contributed by atoms with Crippen LogP contribution >= 0.6 is 0 Å². The van der Waals surface area contributed by atoms with Crippen molar-refractivity contribution in [3.8, 4) is 0 Å². The van der Waals surface area contributed by atoms with Gasteiger partial charge in [-0.05, 0) is 35.2 Å². The number of hydrogen-bond donors (Lipinski definition) is 0. The van der Waals surface area contributed by atoms with Gasteiger partial charge in [0, 0.05) is 0 Å². The molecule has 0 spiro atoms. The maximum absolute atomic E-state index is 6.89. The Labute approximate surface area is 141 Å².